The van der Waals surface area contributed by atoms with Crippen LogP contribution in [0.1, 0.15) is 40.0 Å². The Hall–Kier alpha value is -0.610. The Balaban J connectivity index is 1.93. The number of nitrogens with one attached hydrogen (secondary N) is 1. The molecule has 2 saturated heterocycles. The van der Waals surface area contributed by atoms with Crippen LogP contribution in [-0.2, 0) is 9.53 Å². The van der Waals surface area contributed by atoms with Crippen molar-refractivity contribution in [3.05, 3.63) is 0 Å². The molecule has 1 N–H and O–H groups in total. The molecule has 18 heavy (non-hydrogen) atoms. The van der Waals surface area contributed by atoms with Crippen LogP contribution in [0.4, 0.5) is 0 Å². The topological polar surface area (TPSA) is 41.6 Å². The molecule has 2 fully saturated rings. The minimum Gasteiger partial charge on any atom is -0.365 e. The lowest BCUT2D eigenvalue weighted by molar-refractivity contribution is -0.153. The van der Waals surface area contributed by atoms with E-state index >= 15 is 0 Å². The average molecular weight is 254 g/mol. The molecule has 1 amide bonds. The highest BCUT2D eigenvalue weighted by Crippen LogP contribution is 2.29. The van der Waals surface area contributed by atoms with E-state index in [9.17, 15) is 4.79 Å². The first-order chi connectivity index (χ1) is 8.57. The van der Waals surface area contributed by atoms with Crippen LogP contribution in [0.5, 0.6) is 0 Å². The van der Waals surface area contributed by atoms with Crippen LogP contribution in [0.15, 0.2) is 0 Å². The molecule has 2 heterocycles. The van der Waals surface area contributed by atoms with Crippen molar-refractivity contribution < 1.29 is 9.53 Å². The van der Waals surface area contributed by atoms with Gasteiger partial charge in [0, 0.05) is 25.7 Å². The predicted molar refractivity (Wildman–Crippen MR) is 71.4 cm³/mol. The molecular formula is C14H26N2O2. The number of hydrogen-bond acceptors (Lipinski definition) is 3. The Kier molecular flexibility index (Phi) is 4.28. The van der Waals surface area contributed by atoms with Crippen molar-refractivity contribution >= 4 is 5.91 Å². The molecule has 0 aromatic rings. The van der Waals surface area contributed by atoms with Gasteiger partial charge in [0.1, 0.15) is 5.60 Å². The van der Waals surface area contributed by atoms with Gasteiger partial charge in [-0.25, -0.2) is 0 Å². The number of ether oxygens (including phenoxy) is 1. The summed E-state index contributed by atoms with van der Waals surface area (Å²) in [6.45, 7) is 9.76. The number of likely N-dealkylation sites (tertiary alicyclic amines) is 1. The predicted octanol–water partition coefficient (Wildman–Crippen LogP) is 1.40. The summed E-state index contributed by atoms with van der Waals surface area (Å²) in [5.41, 5.74) is -0.551. The van der Waals surface area contributed by atoms with Gasteiger partial charge in [0.25, 0.3) is 5.91 Å². The van der Waals surface area contributed by atoms with Crippen molar-refractivity contribution in [3.8, 4) is 0 Å². The second kappa shape index (κ2) is 5.57. The average Bonchev–Trinajstić information content (AvgIpc) is 2.79. The van der Waals surface area contributed by atoms with Crippen LogP contribution in [0, 0.1) is 5.92 Å². The summed E-state index contributed by atoms with van der Waals surface area (Å²) in [7, 11) is 0. The minimum absolute atomic E-state index is 0.196. The van der Waals surface area contributed by atoms with E-state index < -0.39 is 5.60 Å². The molecule has 104 valence electrons. The van der Waals surface area contributed by atoms with Gasteiger partial charge in [-0.15, -0.1) is 0 Å². The summed E-state index contributed by atoms with van der Waals surface area (Å²) in [4.78, 5) is 14.5. The summed E-state index contributed by atoms with van der Waals surface area (Å²) >= 11 is 0. The molecule has 0 aliphatic carbocycles. The van der Waals surface area contributed by atoms with Crippen molar-refractivity contribution in [1.29, 1.82) is 0 Å². The highest BCUT2D eigenvalue weighted by atomic mass is 16.5. The van der Waals surface area contributed by atoms with Gasteiger partial charge in [-0.2, -0.15) is 0 Å². The molecule has 0 aromatic heterocycles. The zero-order valence-electron chi connectivity index (χ0n) is 11.9. The van der Waals surface area contributed by atoms with Crippen molar-refractivity contribution in [2.75, 3.05) is 26.2 Å². The molecule has 3 unspecified atom stereocenters. The monoisotopic (exact) mass is 254 g/mol. The molecule has 0 aromatic carbocycles. The van der Waals surface area contributed by atoms with E-state index in [1.165, 1.54) is 0 Å². The molecule has 0 radical (unpaired) electrons. The van der Waals surface area contributed by atoms with Crippen LogP contribution in [0.3, 0.4) is 0 Å². The van der Waals surface area contributed by atoms with Gasteiger partial charge in [0.05, 0.1) is 0 Å². The lowest BCUT2D eigenvalue weighted by atomic mass is 9.91. The highest BCUT2D eigenvalue weighted by molar-refractivity contribution is 5.85. The fraction of sp³-hybridized carbons (Fsp3) is 0.929. The summed E-state index contributed by atoms with van der Waals surface area (Å²) in [6, 6.07) is 0.552. The number of hydrogen-bond donors (Lipinski definition) is 1. The molecular weight excluding hydrogens is 228 g/mol. The fourth-order valence-corrected chi connectivity index (χ4v) is 3.18. The molecule has 0 spiro atoms. The molecule has 4 heteroatoms. The third-order valence-electron chi connectivity index (χ3n) is 4.33. The third kappa shape index (κ3) is 2.69. The van der Waals surface area contributed by atoms with Gasteiger partial charge < -0.3 is 15.0 Å². The van der Waals surface area contributed by atoms with Gasteiger partial charge in [-0.05, 0) is 38.6 Å². The van der Waals surface area contributed by atoms with Crippen LogP contribution in [0.2, 0.25) is 0 Å². The number of amides is 1. The van der Waals surface area contributed by atoms with Crippen LogP contribution >= 0.6 is 0 Å². The number of piperidine rings is 1. The standard InChI is InChI=1S/C14H26N2O2/c1-4-15-12-6-8-16(10-11(12)2)13(17)14(3)7-5-9-18-14/h11-12,15H,4-10H2,1-3H3. The van der Waals surface area contributed by atoms with E-state index in [1.807, 2.05) is 11.8 Å². The zero-order valence-corrected chi connectivity index (χ0v) is 11.9. The van der Waals surface area contributed by atoms with Crippen LogP contribution in [0.25, 0.3) is 0 Å². The van der Waals surface area contributed by atoms with Crippen LogP contribution < -0.4 is 5.32 Å². The number of nitrogens with zero attached hydrogens (tertiary/aromatic N) is 1. The van der Waals surface area contributed by atoms with E-state index in [1.54, 1.807) is 0 Å². The molecule has 2 aliphatic heterocycles. The smallest absolute Gasteiger partial charge is 0.254 e. The van der Waals surface area contributed by atoms with E-state index in [4.69, 9.17) is 4.74 Å². The first-order valence-electron chi connectivity index (χ1n) is 7.23. The summed E-state index contributed by atoms with van der Waals surface area (Å²) in [5, 5.41) is 3.50. The summed E-state index contributed by atoms with van der Waals surface area (Å²) in [6.07, 6.45) is 2.93. The Morgan fingerprint density at radius 3 is 2.89 bits per heavy atom. The maximum absolute atomic E-state index is 12.5. The van der Waals surface area contributed by atoms with Crippen molar-refractivity contribution in [2.45, 2.75) is 51.7 Å². The zero-order chi connectivity index (χ0) is 13.2. The first kappa shape index (κ1) is 13.8. The second-order valence-electron chi connectivity index (χ2n) is 5.86. The fourth-order valence-electron chi connectivity index (χ4n) is 3.18. The minimum atomic E-state index is -0.551. The van der Waals surface area contributed by atoms with Crippen molar-refractivity contribution in [2.24, 2.45) is 5.92 Å². The molecule has 0 bridgehead atoms. The van der Waals surface area contributed by atoms with Crippen molar-refractivity contribution in [3.63, 3.8) is 0 Å². The van der Waals surface area contributed by atoms with Gasteiger partial charge in [-0.3, -0.25) is 4.79 Å². The van der Waals surface area contributed by atoms with Gasteiger partial charge >= 0.3 is 0 Å². The molecule has 3 atom stereocenters. The van der Waals surface area contributed by atoms with Gasteiger partial charge in [0.15, 0.2) is 0 Å². The Bertz CT molecular complexity index is 300. The lowest BCUT2D eigenvalue weighted by Crippen LogP contribution is -2.55. The molecule has 2 rings (SSSR count). The number of carbonyl (C=O) groups is 1. The lowest BCUT2D eigenvalue weighted by Gasteiger charge is -2.40. The Morgan fingerprint density at radius 1 is 1.56 bits per heavy atom. The number of rotatable bonds is 3. The second-order valence-corrected chi connectivity index (χ2v) is 5.86. The van der Waals surface area contributed by atoms with E-state index in [0.29, 0.717) is 12.0 Å². The molecule has 0 saturated carbocycles. The Labute approximate surface area is 110 Å². The maximum Gasteiger partial charge on any atom is 0.254 e. The molecule has 4 nitrogen and oxygen atoms in total. The first-order valence-corrected chi connectivity index (χ1v) is 7.23. The quantitative estimate of drug-likeness (QED) is 0.828. The van der Waals surface area contributed by atoms with Crippen LogP contribution in [-0.4, -0.2) is 48.7 Å². The maximum atomic E-state index is 12.5. The summed E-state index contributed by atoms with van der Waals surface area (Å²) < 4.78 is 5.66. The van der Waals surface area contributed by atoms with Crippen molar-refractivity contribution in [1.82, 2.24) is 10.2 Å². The molecule has 2 aliphatic rings. The number of carbonyl (C=O) groups excluding carboxylic acids is 1. The Morgan fingerprint density at radius 2 is 2.33 bits per heavy atom. The largest absolute Gasteiger partial charge is 0.365 e. The van der Waals surface area contributed by atoms with E-state index in [2.05, 4.69) is 19.2 Å². The SMILES string of the molecule is CCNC1CCN(C(=O)C2(C)CCCO2)CC1C. The van der Waals surface area contributed by atoms with Gasteiger partial charge in [0.2, 0.25) is 0 Å². The highest BCUT2D eigenvalue weighted by Gasteiger charge is 2.42. The van der Waals surface area contributed by atoms with E-state index in [-0.39, 0.29) is 5.91 Å². The van der Waals surface area contributed by atoms with Gasteiger partial charge in [-0.1, -0.05) is 13.8 Å². The van der Waals surface area contributed by atoms with E-state index in [0.717, 1.165) is 45.5 Å². The normalized spacial score (nSPS) is 36.9. The third-order valence-corrected chi connectivity index (χ3v) is 4.33. The summed E-state index contributed by atoms with van der Waals surface area (Å²) in [5.74, 6) is 0.717.